The molecule has 1 aromatic heterocycles. The van der Waals surface area contributed by atoms with Crippen LogP contribution in [0.25, 0.3) is 0 Å². The molecule has 1 aromatic carbocycles. The lowest BCUT2D eigenvalue weighted by Gasteiger charge is -2.11. The smallest absolute Gasteiger partial charge is 0.249 e. The number of anilines is 1. The van der Waals surface area contributed by atoms with Gasteiger partial charge in [0.25, 0.3) is 0 Å². The fourth-order valence-corrected chi connectivity index (χ4v) is 4.13. The molecule has 0 fully saturated rings. The molecule has 5 heteroatoms. The maximum absolute atomic E-state index is 12.6. The molecule has 1 atom stereocenters. The largest absolute Gasteiger partial charge is 0.324 e. The Bertz CT molecular complexity index is 839. The molecular weight excluding hydrogens is 320 g/mol. The molecule has 2 aromatic rings. The number of hydrogen-bond donors (Lipinski definition) is 1. The minimum absolute atomic E-state index is 0.403. The van der Waals surface area contributed by atoms with Gasteiger partial charge in [0.05, 0.1) is 10.9 Å². The predicted octanol–water partition coefficient (Wildman–Crippen LogP) is 3.81. The van der Waals surface area contributed by atoms with Crippen LogP contribution in [0.15, 0.2) is 24.3 Å². The number of carbonyl (C=O) groups excluding carboxylic acids is 2. The number of hydrogen-bond acceptors (Lipinski definition) is 4. The van der Waals surface area contributed by atoms with Crippen molar-refractivity contribution in [2.45, 2.75) is 33.1 Å². The van der Waals surface area contributed by atoms with Crippen LogP contribution in [0, 0.1) is 31.1 Å². The van der Waals surface area contributed by atoms with Crippen LogP contribution in [0.1, 0.15) is 37.7 Å². The average Bonchev–Trinajstić information content (AvgIpc) is 3.13. The van der Waals surface area contributed by atoms with Crippen molar-refractivity contribution in [2.75, 3.05) is 5.32 Å². The maximum atomic E-state index is 12.6. The third-order valence-corrected chi connectivity index (χ3v) is 5.55. The number of fused-ring (bicyclic) bond motifs is 1. The van der Waals surface area contributed by atoms with Crippen molar-refractivity contribution < 1.29 is 9.59 Å². The second kappa shape index (κ2) is 6.58. The number of aryl methyl sites for hydroxylation is 4. The fraction of sp³-hybridized carbons (Fsp3) is 0.316. The summed E-state index contributed by atoms with van der Waals surface area (Å²) < 4.78 is 0. The number of Topliss-reactive ketones (excluding diaryl/α,β-unsaturated/α-hetero) is 1. The van der Waals surface area contributed by atoms with Gasteiger partial charge in [-0.15, -0.1) is 11.3 Å². The second-order valence-electron chi connectivity index (χ2n) is 6.15. The number of nitrogens with one attached hydrogen (secondary N) is 1. The molecule has 0 saturated heterocycles. The number of carbonyl (C=O) groups is 2. The molecule has 1 amide bonds. The van der Waals surface area contributed by atoms with Crippen molar-refractivity contribution in [1.29, 1.82) is 5.26 Å². The minimum atomic E-state index is -1.32. The number of nitrogens with zero attached hydrogens (tertiary/aromatic N) is 1. The first kappa shape index (κ1) is 16.4. The highest BCUT2D eigenvalue weighted by Crippen LogP contribution is 2.32. The molecular formula is C19H18N2O2S. The molecule has 0 unspecified atom stereocenters. The Morgan fingerprint density at radius 1 is 1.25 bits per heavy atom. The van der Waals surface area contributed by atoms with Crippen LogP contribution >= 0.6 is 11.3 Å². The summed E-state index contributed by atoms with van der Waals surface area (Å²) in [4.78, 5) is 26.8. The van der Waals surface area contributed by atoms with Crippen molar-refractivity contribution in [3.05, 3.63) is 50.7 Å². The summed E-state index contributed by atoms with van der Waals surface area (Å²) in [5, 5.41) is 12.1. The fourth-order valence-electron chi connectivity index (χ4n) is 2.90. The van der Waals surface area contributed by atoms with E-state index >= 15 is 0 Å². The molecule has 1 aliphatic carbocycles. The molecule has 0 spiro atoms. The van der Waals surface area contributed by atoms with Crippen molar-refractivity contribution in [3.8, 4) is 6.07 Å². The molecule has 0 bridgehead atoms. The number of amides is 1. The van der Waals surface area contributed by atoms with E-state index in [0.717, 1.165) is 30.4 Å². The summed E-state index contributed by atoms with van der Waals surface area (Å²) in [5.74, 6) is -2.28. The third kappa shape index (κ3) is 3.10. The van der Waals surface area contributed by atoms with E-state index in [-0.39, 0.29) is 0 Å². The van der Waals surface area contributed by atoms with Crippen molar-refractivity contribution in [2.24, 2.45) is 5.92 Å². The number of ketones is 1. The summed E-state index contributed by atoms with van der Waals surface area (Å²) in [6.07, 6.45) is 3.08. The van der Waals surface area contributed by atoms with Crippen LogP contribution in [0.5, 0.6) is 0 Å². The highest BCUT2D eigenvalue weighted by atomic mass is 32.1. The molecule has 0 saturated carbocycles. The summed E-state index contributed by atoms with van der Waals surface area (Å²) in [6, 6.07) is 9.41. The van der Waals surface area contributed by atoms with E-state index in [2.05, 4.69) is 5.32 Å². The van der Waals surface area contributed by atoms with Crippen molar-refractivity contribution in [1.82, 2.24) is 0 Å². The molecule has 0 aliphatic heterocycles. The Labute approximate surface area is 145 Å². The zero-order chi connectivity index (χ0) is 17.3. The molecule has 3 rings (SSSR count). The lowest BCUT2D eigenvalue weighted by Crippen LogP contribution is -2.28. The lowest BCUT2D eigenvalue weighted by molar-refractivity contribution is -0.117. The van der Waals surface area contributed by atoms with Gasteiger partial charge in [-0.3, -0.25) is 9.59 Å². The van der Waals surface area contributed by atoms with Gasteiger partial charge in [0.2, 0.25) is 5.91 Å². The topological polar surface area (TPSA) is 70.0 Å². The van der Waals surface area contributed by atoms with E-state index in [4.69, 9.17) is 0 Å². The monoisotopic (exact) mass is 338 g/mol. The van der Waals surface area contributed by atoms with Gasteiger partial charge >= 0.3 is 0 Å². The van der Waals surface area contributed by atoms with Crippen molar-refractivity contribution in [3.63, 3.8) is 0 Å². The van der Waals surface area contributed by atoms with E-state index in [1.165, 1.54) is 21.8 Å². The summed E-state index contributed by atoms with van der Waals surface area (Å²) in [6.45, 7) is 3.80. The first-order chi connectivity index (χ1) is 11.5. The minimum Gasteiger partial charge on any atom is -0.324 e. The van der Waals surface area contributed by atoms with Gasteiger partial charge in [-0.1, -0.05) is 12.1 Å². The van der Waals surface area contributed by atoms with E-state index < -0.39 is 17.6 Å². The van der Waals surface area contributed by atoms with Crippen molar-refractivity contribution >= 4 is 28.7 Å². The van der Waals surface area contributed by atoms with E-state index in [0.29, 0.717) is 10.6 Å². The standard InChI is InChI=1S/C19H18N2O2S/c1-11-6-7-12(2)15(8-11)21-19(23)14(10-20)18(22)17-9-13-4-3-5-16(13)24-17/h6-9,14H,3-5H2,1-2H3,(H,21,23)/t14-/m0/s1. The lowest BCUT2D eigenvalue weighted by atomic mass is 10.0. The van der Waals surface area contributed by atoms with Crippen LogP contribution in [0.3, 0.4) is 0 Å². The Morgan fingerprint density at radius 2 is 2.04 bits per heavy atom. The SMILES string of the molecule is Cc1ccc(C)c(NC(=O)[C@@H](C#N)C(=O)c2cc3c(s2)CCC3)c1. The zero-order valence-corrected chi connectivity index (χ0v) is 14.5. The molecule has 0 radical (unpaired) electrons. The first-order valence-electron chi connectivity index (χ1n) is 7.93. The number of nitriles is 1. The Hall–Kier alpha value is -2.45. The van der Waals surface area contributed by atoms with Gasteiger partial charge in [0.1, 0.15) is 0 Å². The highest BCUT2D eigenvalue weighted by Gasteiger charge is 2.30. The second-order valence-corrected chi connectivity index (χ2v) is 7.28. The van der Waals surface area contributed by atoms with Crippen LogP contribution in [0.4, 0.5) is 5.69 Å². The Morgan fingerprint density at radius 3 is 2.75 bits per heavy atom. The van der Waals surface area contributed by atoms with E-state index in [1.807, 2.05) is 44.2 Å². The van der Waals surface area contributed by atoms with Gasteiger partial charge in [0.15, 0.2) is 11.7 Å². The Kier molecular flexibility index (Phi) is 4.50. The number of rotatable bonds is 4. The van der Waals surface area contributed by atoms with E-state index in [1.54, 1.807) is 0 Å². The van der Waals surface area contributed by atoms with Gasteiger partial charge < -0.3 is 5.32 Å². The third-order valence-electron chi connectivity index (χ3n) is 4.29. The molecule has 4 nitrogen and oxygen atoms in total. The quantitative estimate of drug-likeness (QED) is 0.680. The summed E-state index contributed by atoms with van der Waals surface area (Å²) in [7, 11) is 0. The predicted molar refractivity (Wildman–Crippen MR) is 94.3 cm³/mol. The number of benzene rings is 1. The van der Waals surface area contributed by atoms with Gasteiger partial charge in [-0.25, -0.2) is 0 Å². The average molecular weight is 338 g/mol. The Balaban J connectivity index is 1.80. The molecule has 24 heavy (non-hydrogen) atoms. The normalized spacial score (nSPS) is 13.9. The molecule has 1 aliphatic rings. The molecule has 1 N–H and O–H groups in total. The first-order valence-corrected chi connectivity index (χ1v) is 8.75. The van der Waals surface area contributed by atoms with Gasteiger partial charge in [-0.2, -0.15) is 5.26 Å². The maximum Gasteiger partial charge on any atom is 0.249 e. The highest BCUT2D eigenvalue weighted by molar-refractivity contribution is 7.14. The summed E-state index contributed by atoms with van der Waals surface area (Å²) >= 11 is 1.42. The summed E-state index contributed by atoms with van der Waals surface area (Å²) in [5.41, 5.74) is 3.73. The van der Waals surface area contributed by atoms with Crippen LogP contribution < -0.4 is 5.32 Å². The molecule has 1 heterocycles. The van der Waals surface area contributed by atoms with Crippen LogP contribution in [0.2, 0.25) is 0 Å². The number of thiophene rings is 1. The van der Waals surface area contributed by atoms with Gasteiger partial charge in [-0.05, 0) is 61.9 Å². The zero-order valence-electron chi connectivity index (χ0n) is 13.7. The molecule has 122 valence electrons. The van der Waals surface area contributed by atoms with Crippen LogP contribution in [-0.2, 0) is 17.6 Å². The van der Waals surface area contributed by atoms with E-state index in [9.17, 15) is 14.9 Å². The van der Waals surface area contributed by atoms with Gasteiger partial charge in [0, 0.05) is 10.6 Å². The van der Waals surface area contributed by atoms with Crippen LogP contribution in [-0.4, -0.2) is 11.7 Å².